The molecule has 5 N–H and O–H groups in total. The quantitative estimate of drug-likeness (QED) is 0.463. The van der Waals surface area contributed by atoms with Crippen LogP contribution in [0.1, 0.15) is 12.8 Å². The first kappa shape index (κ1) is 14.7. The molecular formula is C11H14N4O3S2. The number of hydrogen-bond donors (Lipinski definition) is 4. The van der Waals surface area contributed by atoms with E-state index in [1.165, 1.54) is 24.3 Å². The summed E-state index contributed by atoms with van der Waals surface area (Å²) >= 11 is 4.99. The monoisotopic (exact) mass is 314 g/mol. The van der Waals surface area contributed by atoms with E-state index < -0.39 is 10.0 Å². The Morgan fingerprint density at radius 1 is 1.20 bits per heavy atom. The number of hydrogen-bond acceptors (Lipinski definition) is 4. The molecule has 0 aliphatic heterocycles. The van der Waals surface area contributed by atoms with Crippen LogP contribution in [-0.4, -0.2) is 19.4 Å². The van der Waals surface area contributed by atoms with Gasteiger partial charge in [0.2, 0.25) is 15.9 Å². The third-order valence-electron chi connectivity index (χ3n) is 2.69. The maximum Gasteiger partial charge on any atom is 0.241 e. The molecule has 1 aliphatic carbocycles. The van der Waals surface area contributed by atoms with Gasteiger partial charge in [-0.15, -0.1) is 0 Å². The normalized spacial score (nSPS) is 14.4. The number of anilines is 1. The highest BCUT2D eigenvalue weighted by atomic mass is 32.2. The summed E-state index contributed by atoms with van der Waals surface area (Å²) in [5.41, 5.74) is 5.65. The Labute approximate surface area is 121 Å². The van der Waals surface area contributed by atoms with Crippen LogP contribution < -0.4 is 21.3 Å². The largest absolute Gasteiger partial charge is 0.331 e. The molecule has 1 aliphatic rings. The molecule has 1 aromatic rings. The van der Waals surface area contributed by atoms with Gasteiger partial charge in [0.15, 0.2) is 5.11 Å². The number of benzene rings is 1. The second kappa shape index (κ2) is 5.73. The van der Waals surface area contributed by atoms with E-state index in [-0.39, 0.29) is 21.8 Å². The van der Waals surface area contributed by atoms with Gasteiger partial charge in [-0.2, -0.15) is 0 Å². The van der Waals surface area contributed by atoms with Crippen molar-refractivity contribution in [2.45, 2.75) is 17.7 Å². The first-order chi connectivity index (χ1) is 9.36. The minimum atomic E-state index is -3.71. The van der Waals surface area contributed by atoms with Crippen LogP contribution in [0.25, 0.3) is 0 Å². The lowest BCUT2D eigenvalue weighted by Crippen LogP contribution is -2.44. The highest BCUT2D eigenvalue weighted by Gasteiger charge is 2.29. The molecule has 1 aromatic carbocycles. The van der Waals surface area contributed by atoms with Crippen LogP contribution in [0.2, 0.25) is 0 Å². The van der Waals surface area contributed by atoms with Crippen LogP contribution in [0.15, 0.2) is 29.2 Å². The number of primary sulfonamides is 1. The standard InChI is InChI=1S/C11H14N4O3S2/c12-20(17,18)9-5-3-8(4-6-9)13-11(19)15-14-10(16)7-1-2-7/h3-7H,1-2H2,(H,14,16)(H2,12,17,18)(H2,13,15,19). The molecule has 0 atom stereocenters. The van der Waals surface area contributed by atoms with Crippen molar-refractivity contribution in [2.75, 3.05) is 5.32 Å². The lowest BCUT2D eigenvalue weighted by atomic mass is 10.3. The molecule has 0 radical (unpaired) electrons. The molecule has 9 heteroatoms. The second-order valence-electron chi connectivity index (χ2n) is 4.41. The number of hydrazine groups is 1. The number of thiocarbonyl (C=S) groups is 1. The highest BCUT2D eigenvalue weighted by molar-refractivity contribution is 7.89. The summed E-state index contributed by atoms with van der Waals surface area (Å²) in [5.74, 6) is -0.00179. The molecule has 2 rings (SSSR count). The SMILES string of the molecule is NS(=O)(=O)c1ccc(NC(=S)NNC(=O)C2CC2)cc1. The summed E-state index contributed by atoms with van der Waals surface area (Å²) in [5, 5.41) is 8.01. The number of carbonyl (C=O) groups is 1. The fraction of sp³-hybridized carbons (Fsp3) is 0.273. The van der Waals surface area contributed by atoms with Crippen molar-refractivity contribution in [3.8, 4) is 0 Å². The molecule has 1 fully saturated rings. The molecule has 1 saturated carbocycles. The minimum Gasteiger partial charge on any atom is -0.331 e. The van der Waals surface area contributed by atoms with E-state index in [1.54, 1.807) is 0 Å². The van der Waals surface area contributed by atoms with Crippen molar-refractivity contribution in [1.82, 2.24) is 10.9 Å². The molecule has 20 heavy (non-hydrogen) atoms. The molecule has 0 bridgehead atoms. The molecule has 0 spiro atoms. The zero-order chi connectivity index (χ0) is 14.8. The number of sulfonamides is 1. The van der Waals surface area contributed by atoms with Gasteiger partial charge in [-0.1, -0.05) is 0 Å². The summed E-state index contributed by atoms with van der Waals surface area (Å²) in [6.07, 6.45) is 1.81. The van der Waals surface area contributed by atoms with Gasteiger partial charge in [0.05, 0.1) is 4.90 Å². The number of rotatable bonds is 3. The summed E-state index contributed by atoms with van der Waals surface area (Å²) < 4.78 is 22.2. The van der Waals surface area contributed by atoms with Crippen LogP contribution in [0.3, 0.4) is 0 Å². The Morgan fingerprint density at radius 3 is 2.30 bits per heavy atom. The summed E-state index contributed by atoms with van der Waals surface area (Å²) in [4.78, 5) is 11.4. The van der Waals surface area contributed by atoms with Crippen LogP contribution in [-0.2, 0) is 14.8 Å². The summed E-state index contributed by atoms with van der Waals surface area (Å²) in [7, 11) is -3.71. The molecular weight excluding hydrogens is 300 g/mol. The molecule has 0 aromatic heterocycles. The van der Waals surface area contributed by atoms with Crippen molar-refractivity contribution in [3.05, 3.63) is 24.3 Å². The van der Waals surface area contributed by atoms with Crippen LogP contribution >= 0.6 is 12.2 Å². The van der Waals surface area contributed by atoms with E-state index in [4.69, 9.17) is 17.4 Å². The smallest absolute Gasteiger partial charge is 0.241 e. The highest BCUT2D eigenvalue weighted by Crippen LogP contribution is 2.28. The van der Waals surface area contributed by atoms with E-state index in [9.17, 15) is 13.2 Å². The lowest BCUT2D eigenvalue weighted by Gasteiger charge is -2.11. The van der Waals surface area contributed by atoms with Crippen LogP contribution in [0.4, 0.5) is 5.69 Å². The molecule has 108 valence electrons. The van der Waals surface area contributed by atoms with Crippen molar-refractivity contribution < 1.29 is 13.2 Å². The number of amides is 1. The molecule has 0 heterocycles. The van der Waals surface area contributed by atoms with E-state index in [0.29, 0.717) is 5.69 Å². The topological polar surface area (TPSA) is 113 Å². The Morgan fingerprint density at radius 2 is 1.80 bits per heavy atom. The average Bonchev–Trinajstić information content (AvgIpc) is 3.20. The Hall–Kier alpha value is -1.71. The maximum atomic E-state index is 11.4. The van der Waals surface area contributed by atoms with Crippen molar-refractivity contribution in [1.29, 1.82) is 0 Å². The number of nitrogens with two attached hydrogens (primary N) is 1. The third kappa shape index (κ3) is 4.15. The third-order valence-corrected chi connectivity index (χ3v) is 3.82. The van der Waals surface area contributed by atoms with Gasteiger partial charge < -0.3 is 5.32 Å². The van der Waals surface area contributed by atoms with Crippen LogP contribution in [0, 0.1) is 5.92 Å². The van der Waals surface area contributed by atoms with Gasteiger partial charge >= 0.3 is 0 Å². The fourth-order valence-electron chi connectivity index (χ4n) is 1.46. The van der Waals surface area contributed by atoms with E-state index >= 15 is 0 Å². The molecule has 0 saturated heterocycles. The van der Waals surface area contributed by atoms with E-state index in [0.717, 1.165) is 12.8 Å². The average molecular weight is 314 g/mol. The Bertz CT molecular complexity index is 624. The van der Waals surface area contributed by atoms with E-state index in [1.807, 2.05) is 0 Å². The van der Waals surface area contributed by atoms with Crippen molar-refractivity contribution in [2.24, 2.45) is 11.1 Å². The van der Waals surface area contributed by atoms with Gasteiger partial charge in [-0.25, -0.2) is 13.6 Å². The zero-order valence-electron chi connectivity index (χ0n) is 10.4. The predicted molar refractivity (Wildman–Crippen MR) is 78.0 cm³/mol. The maximum absolute atomic E-state index is 11.4. The second-order valence-corrected chi connectivity index (χ2v) is 6.38. The molecule has 7 nitrogen and oxygen atoms in total. The predicted octanol–water partition coefficient (Wildman–Crippen LogP) is 0.0616. The van der Waals surface area contributed by atoms with Crippen LogP contribution in [0.5, 0.6) is 0 Å². The summed E-state index contributed by atoms with van der Waals surface area (Å²) in [6.45, 7) is 0. The summed E-state index contributed by atoms with van der Waals surface area (Å²) in [6, 6.07) is 5.78. The molecule has 0 unspecified atom stereocenters. The molecule has 1 amide bonds. The van der Waals surface area contributed by atoms with Gasteiger partial charge in [0, 0.05) is 11.6 Å². The van der Waals surface area contributed by atoms with Crippen molar-refractivity contribution in [3.63, 3.8) is 0 Å². The van der Waals surface area contributed by atoms with Gasteiger partial charge in [0.1, 0.15) is 0 Å². The lowest BCUT2D eigenvalue weighted by molar-refractivity contribution is -0.122. The number of nitrogens with one attached hydrogen (secondary N) is 3. The van der Waals surface area contributed by atoms with Gasteiger partial charge in [-0.3, -0.25) is 15.6 Å². The zero-order valence-corrected chi connectivity index (χ0v) is 12.1. The van der Waals surface area contributed by atoms with Gasteiger partial charge in [-0.05, 0) is 49.3 Å². The Kier molecular flexibility index (Phi) is 4.21. The number of carbonyl (C=O) groups excluding carboxylic acids is 1. The first-order valence-electron chi connectivity index (χ1n) is 5.86. The Balaban J connectivity index is 1.86. The first-order valence-corrected chi connectivity index (χ1v) is 7.81. The minimum absolute atomic E-state index is 0.0176. The van der Waals surface area contributed by atoms with E-state index in [2.05, 4.69) is 16.2 Å². The van der Waals surface area contributed by atoms with Crippen molar-refractivity contribution >= 4 is 38.9 Å². The van der Waals surface area contributed by atoms with Gasteiger partial charge in [0.25, 0.3) is 0 Å². The fourth-order valence-corrected chi connectivity index (χ4v) is 2.14.